The van der Waals surface area contributed by atoms with E-state index in [-0.39, 0.29) is 5.91 Å². The number of ether oxygens (including phenoxy) is 1. The first-order valence-corrected chi connectivity index (χ1v) is 9.98. The highest BCUT2D eigenvalue weighted by Gasteiger charge is 2.28. The molecule has 3 rings (SSSR count). The van der Waals surface area contributed by atoms with Crippen LogP contribution in [-0.4, -0.2) is 75.2 Å². The number of carbonyl (C=O) groups excluding carboxylic acids is 1. The average molecular weight is 360 g/mol. The van der Waals surface area contributed by atoms with E-state index < -0.39 is 0 Å². The van der Waals surface area contributed by atoms with E-state index in [1.165, 1.54) is 18.4 Å². The first-order chi connectivity index (χ1) is 12.7. The lowest BCUT2D eigenvalue weighted by molar-refractivity contribution is 0.0505. The number of likely N-dealkylation sites (tertiary alicyclic amines) is 1. The molecule has 1 atom stereocenters. The SMILES string of the molecule is COCCN(C(=O)c1cccc([C@H]2CCCNC2)c1)C1CCN(C)CC1. The molecule has 0 spiro atoms. The molecule has 5 heteroatoms. The van der Waals surface area contributed by atoms with E-state index in [1.54, 1.807) is 7.11 Å². The molecule has 1 aromatic rings. The second kappa shape index (κ2) is 9.49. The lowest BCUT2D eigenvalue weighted by Gasteiger charge is -2.37. The first kappa shape index (κ1) is 19.3. The van der Waals surface area contributed by atoms with Crippen molar-refractivity contribution in [2.75, 3.05) is 53.5 Å². The molecule has 0 radical (unpaired) electrons. The molecule has 2 fully saturated rings. The summed E-state index contributed by atoms with van der Waals surface area (Å²) >= 11 is 0. The van der Waals surface area contributed by atoms with Gasteiger partial charge in [-0.1, -0.05) is 12.1 Å². The number of nitrogens with one attached hydrogen (secondary N) is 1. The predicted octanol–water partition coefficient (Wildman–Crippen LogP) is 2.34. The van der Waals surface area contributed by atoms with E-state index in [9.17, 15) is 4.79 Å². The van der Waals surface area contributed by atoms with Gasteiger partial charge in [0.1, 0.15) is 0 Å². The fourth-order valence-corrected chi connectivity index (χ4v) is 4.17. The molecule has 2 saturated heterocycles. The molecule has 2 aliphatic rings. The predicted molar refractivity (Wildman–Crippen MR) is 105 cm³/mol. The van der Waals surface area contributed by atoms with Gasteiger partial charge in [0.2, 0.25) is 0 Å². The number of rotatable bonds is 6. The maximum absolute atomic E-state index is 13.3. The van der Waals surface area contributed by atoms with Crippen LogP contribution in [0.4, 0.5) is 0 Å². The summed E-state index contributed by atoms with van der Waals surface area (Å²) in [6.45, 7) is 5.48. The molecule has 0 bridgehead atoms. The van der Waals surface area contributed by atoms with Crippen molar-refractivity contribution in [2.45, 2.75) is 37.6 Å². The van der Waals surface area contributed by atoms with E-state index in [1.807, 2.05) is 12.1 Å². The molecule has 5 nitrogen and oxygen atoms in total. The van der Waals surface area contributed by atoms with Crippen LogP contribution in [0, 0.1) is 0 Å². The lowest BCUT2D eigenvalue weighted by atomic mass is 9.90. The van der Waals surface area contributed by atoms with Gasteiger partial charge in [-0.05, 0) is 76.0 Å². The quantitative estimate of drug-likeness (QED) is 0.847. The lowest BCUT2D eigenvalue weighted by Crippen LogP contribution is -2.47. The topological polar surface area (TPSA) is 44.8 Å². The van der Waals surface area contributed by atoms with Crippen LogP contribution in [0.15, 0.2) is 24.3 Å². The van der Waals surface area contributed by atoms with Crippen molar-refractivity contribution in [3.63, 3.8) is 0 Å². The first-order valence-electron chi connectivity index (χ1n) is 9.98. The summed E-state index contributed by atoms with van der Waals surface area (Å²) in [7, 11) is 3.85. The van der Waals surface area contributed by atoms with Crippen LogP contribution >= 0.6 is 0 Å². The van der Waals surface area contributed by atoms with Crippen molar-refractivity contribution in [3.8, 4) is 0 Å². The number of nitrogens with zero attached hydrogens (tertiary/aromatic N) is 2. The van der Waals surface area contributed by atoms with Gasteiger partial charge in [0, 0.05) is 31.8 Å². The molecule has 2 heterocycles. The Kier molecular flexibility index (Phi) is 7.06. The Labute approximate surface area is 157 Å². The molecule has 0 unspecified atom stereocenters. The number of hydrogen-bond acceptors (Lipinski definition) is 4. The van der Waals surface area contributed by atoms with Crippen molar-refractivity contribution in [3.05, 3.63) is 35.4 Å². The van der Waals surface area contributed by atoms with Gasteiger partial charge in [0.15, 0.2) is 0 Å². The highest BCUT2D eigenvalue weighted by atomic mass is 16.5. The standard InChI is InChI=1S/C21H33N3O2/c1-23-11-8-20(9-12-23)24(13-14-26-2)21(25)18-6-3-5-17(15-18)19-7-4-10-22-16-19/h3,5-6,15,19-20,22H,4,7-14,16H2,1-2H3/t19-/m0/s1. The number of carbonyl (C=O) groups is 1. The van der Waals surface area contributed by atoms with E-state index in [4.69, 9.17) is 4.74 Å². The molecule has 26 heavy (non-hydrogen) atoms. The van der Waals surface area contributed by atoms with Gasteiger partial charge in [0.05, 0.1) is 6.61 Å². The van der Waals surface area contributed by atoms with Crippen LogP contribution in [0.5, 0.6) is 0 Å². The molecule has 0 saturated carbocycles. The van der Waals surface area contributed by atoms with Crippen molar-refractivity contribution in [1.29, 1.82) is 0 Å². The van der Waals surface area contributed by atoms with Crippen LogP contribution in [0.2, 0.25) is 0 Å². The summed E-state index contributed by atoms with van der Waals surface area (Å²) < 4.78 is 5.28. The van der Waals surface area contributed by atoms with Gasteiger partial charge >= 0.3 is 0 Å². The van der Waals surface area contributed by atoms with Gasteiger partial charge < -0.3 is 19.9 Å². The van der Waals surface area contributed by atoms with Crippen molar-refractivity contribution in [1.82, 2.24) is 15.1 Å². The molecular formula is C21H33N3O2. The fraction of sp³-hybridized carbons (Fsp3) is 0.667. The van der Waals surface area contributed by atoms with E-state index in [0.717, 1.165) is 44.6 Å². The van der Waals surface area contributed by atoms with Crippen molar-refractivity contribution >= 4 is 5.91 Å². The third kappa shape index (κ3) is 4.84. The Bertz CT molecular complexity index is 578. The number of amides is 1. The van der Waals surface area contributed by atoms with Crippen LogP contribution in [-0.2, 0) is 4.74 Å². The monoisotopic (exact) mass is 359 g/mol. The molecule has 0 aromatic heterocycles. The van der Waals surface area contributed by atoms with Crippen molar-refractivity contribution < 1.29 is 9.53 Å². The maximum Gasteiger partial charge on any atom is 0.254 e. The zero-order valence-corrected chi connectivity index (χ0v) is 16.2. The van der Waals surface area contributed by atoms with Gasteiger partial charge in [-0.15, -0.1) is 0 Å². The summed E-state index contributed by atoms with van der Waals surface area (Å²) in [4.78, 5) is 17.7. The zero-order chi connectivity index (χ0) is 18.4. The van der Waals surface area contributed by atoms with Gasteiger partial charge in [-0.2, -0.15) is 0 Å². The Hall–Kier alpha value is -1.43. The molecule has 1 aromatic carbocycles. The molecule has 144 valence electrons. The van der Waals surface area contributed by atoms with Crippen molar-refractivity contribution in [2.24, 2.45) is 0 Å². The third-order valence-electron chi connectivity index (χ3n) is 5.83. The van der Waals surface area contributed by atoms with Crippen LogP contribution in [0.3, 0.4) is 0 Å². The molecule has 2 aliphatic heterocycles. The van der Waals surface area contributed by atoms with Crippen LogP contribution in [0.25, 0.3) is 0 Å². The second-order valence-electron chi connectivity index (χ2n) is 7.69. The second-order valence-corrected chi connectivity index (χ2v) is 7.69. The number of benzene rings is 1. The van der Waals surface area contributed by atoms with Gasteiger partial charge in [0.25, 0.3) is 5.91 Å². The van der Waals surface area contributed by atoms with E-state index in [2.05, 4.69) is 34.3 Å². The Balaban J connectivity index is 1.75. The fourth-order valence-electron chi connectivity index (χ4n) is 4.17. The Morgan fingerprint density at radius 1 is 1.31 bits per heavy atom. The number of methoxy groups -OCH3 is 1. The van der Waals surface area contributed by atoms with Crippen LogP contribution in [0.1, 0.15) is 47.5 Å². The highest BCUT2D eigenvalue weighted by Crippen LogP contribution is 2.25. The Morgan fingerprint density at radius 3 is 2.81 bits per heavy atom. The average Bonchev–Trinajstić information content (AvgIpc) is 2.70. The number of piperidine rings is 2. The van der Waals surface area contributed by atoms with Gasteiger partial charge in [-0.25, -0.2) is 0 Å². The summed E-state index contributed by atoms with van der Waals surface area (Å²) in [6, 6.07) is 8.61. The van der Waals surface area contributed by atoms with Crippen LogP contribution < -0.4 is 5.32 Å². The molecule has 0 aliphatic carbocycles. The minimum atomic E-state index is 0.155. The van der Waals surface area contributed by atoms with E-state index in [0.29, 0.717) is 25.1 Å². The zero-order valence-electron chi connectivity index (χ0n) is 16.2. The largest absolute Gasteiger partial charge is 0.383 e. The van der Waals surface area contributed by atoms with E-state index >= 15 is 0 Å². The normalized spacial score (nSPS) is 22.3. The summed E-state index contributed by atoms with van der Waals surface area (Å²) in [5.41, 5.74) is 2.11. The summed E-state index contributed by atoms with van der Waals surface area (Å²) in [6.07, 6.45) is 4.49. The Morgan fingerprint density at radius 2 is 2.12 bits per heavy atom. The van der Waals surface area contributed by atoms with Gasteiger partial charge in [-0.3, -0.25) is 4.79 Å². The third-order valence-corrected chi connectivity index (χ3v) is 5.83. The molecule has 1 N–H and O–H groups in total. The summed E-state index contributed by atoms with van der Waals surface area (Å²) in [5.74, 6) is 0.675. The molecular weight excluding hydrogens is 326 g/mol. The minimum absolute atomic E-state index is 0.155. The number of hydrogen-bond donors (Lipinski definition) is 1. The smallest absolute Gasteiger partial charge is 0.254 e. The maximum atomic E-state index is 13.3. The highest BCUT2D eigenvalue weighted by molar-refractivity contribution is 5.94. The minimum Gasteiger partial charge on any atom is -0.383 e. The summed E-state index contributed by atoms with van der Waals surface area (Å²) in [5, 5.41) is 3.47. The molecule has 1 amide bonds.